The van der Waals surface area contributed by atoms with Crippen LogP contribution in [-0.2, 0) is 22.5 Å². The molecule has 1 atom stereocenters. The molecule has 1 N–H and O–H groups in total. The minimum Gasteiger partial charge on any atom is -0.616 e. The van der Waals surface area contributed by atoms with Gasteiger partial charge in [0.25, 0.3) is 5.91 Å². The van der Waals surface area contributed by atoms with Gasteiger partial charge in [-0.15, -0.1) is 0 Å². The third-order valence-electron chi connectivity index (χ3n) is 5.33. The molecule has 1 aromatic carbocycles. The maximum absolute atomic E-state index is 13.5. The molecule has 1 aliphatic rings. The van der Waals surface area contributed by atoms with Crippen LogP contribution in [0.15, 0.2) is 42.6 Å². The predicted molar refractivity (Wildman–Crippen MR) is 118 cm³/mol. The summed E-state index contributed by atoms with van der Waals surface area (Å²) in [5, 5.41) is 7.45. The summed E-state index contributed by atoms with van der Waals surface area (Å²) in [6.07, 6.45) is 3.93. The lowest BCUT2D eigenvalue weighted by Crippen LogP contribution is -2.44. The van der Waals surface area contributed by atoms with Crippen molar-refractivity contribution in [1.82, 2.24) is 14.8 Å². The van der Waals surface area contributed by atoms with E-state index < -0.39 is 15.9 Å². The van der Waals surface area contributed by atoms with E-state index in [2.05, 4.69) is 10.3 Å². The fourth-order valence-electron chi connectivity index (χ4n) is 3.25. The van der Waals surface area contributed by atoms with Crippen molar-refractivity contribution in [3.05, 3.63) is 48.4 Å². The number of ether oxygens (including phenoxy) is 1. The van der Waals surface area contributed by atoms with Gasteiger partial charge in [-0.05, 0) is 67.0 Å². The highest BCUT2D eigenvalue weighted by Gasteiger charge is 2.37. The number of amides is 1. The minimum absolute atomic E-state index is 0.324. The van der Waals surface area contributed by atoms with Crippen LogP contribution in [0.5, 0.6) is 5.88 Å². The van der Waals surface area contributed by atoms with Crippen LogP contribution in [0, 0.1) is 5.82 Å². The molecule has 0 aliphatic carbocycles. The zero-order valence-electron chi connectivity index (χ0n) is 17.5. The molecular weight excluding hydrogens is 419 g/mol. The lowest BCUT2D eigenvalue weighted by atomic mass is 10.0. The van der Waals surface area contributed by atoms with E-state index >= 15 is 0 Å². The summed E-state index contributed by atoms with van der Waals surface area (Å²) in [6.45, 7) is 4.54. The van der Waals surface area contributed by atoms with Crippen molar-refractivity contribution < 1.29 is 18.5 Å². The number of rotatable bonds is 5. The highest BCUT2D eigenvalue weighted by Crippen LogP contribution is 2.41. The Bertz CT molecular complexity index is 1110. The lowest BCUT2D eigenvalue weighted by molar-refractivity contribution is -0.117. The first kappa shape index (κ1) is 21.3. The number of carbonyl (C=O) groups excluding carboxylic acids is 1. The maximum Gasteiger partial charge on any atom is 0.281 e. The van der Waals surface area contributed by atoms with Gasteiger partial charge in [-0.3, -0.25) is 4.79 Å². The maximum atomic E-state index is 13.5. The van der Waals surface area contributed by atoms with E-state index in [-0.39, 0.29) is 11.7 Å². The summed E-state index contributed by atoms with van der Waals surface area (Å²) in [6, 6.07) is 9.68. The first-order valence-electron chi connectivity index (χ1n) is 9.88. The SMILES string of the molecule is C[S+]([O-])C(C)(C)C(=O)Nc1cc(-c2c(-c3ccc(F)cc3)nn3c2OCCC3)ccn1. The number of hydrogen-bond acceptors (Lipinski definition) is 5. The van der Waals surface area contributed by atoms with Crippen molar-refractivity contribution in [3.63, 3.8) is 0 Å². The minimum atomic E-state index is -1.35. The first-order valence-corrected chi connectivity index (χ1v) is 11.4. The zero-order valence-corrected chi connectivity index (χ0v) is 18.3. The molecule has 0 spiro atoms. The van der Waals surface area contributed by atoms with Crippen LogP contribution in [0.1, 0.15) is 20.3 Å². The average Bonchev–Trinajstić information content (AvgIpc) is 3.14. The van der Waals surface area contributed by atoms with Gasteiger partial charge in [-0.25, -0.2) is 14.1 Å². The third-order valence-corrected chi connectivity index (χ3v) is 6.95. The van der Waals surface area contributed by atoms with E-state index in [4.69, 9.17) is 9.84 Å². The van der Waals surface area contributed by atoms with Crippen molar-refractivity contribution in [1.29, 1.82) is 0 Å². The Hall–Kier alpha value is -2.91. The second-order valence-electron chi connectivity index (χ2n) is 7.81. The molecule has 0 fully saturated rings. The Balaban J connectivity index is 1.76. The van der Waals surface area contributed by atoms with Gasteiger partial charge in [0, 0.05) is 24.7 Å². The smallest absolute Gasteiger partial charge is 0.281 e. The van der Waals surface area contributed by atoms with Crippen molar-refractivity contribution in [2.75, 3.05) is 18.2 Å². The number of hydrogen-bond donors (Lipinski definition) is 1. The van der Waals surface area contributed by atoms with Crippen LogP contribution in [0.2, 0.25) is 0 Å². The molecule has 3 aromatic rings. The fourth-order valence-corrected chi connectivity index (χ4v) is 3.56. The Morgan fingerprint density at radius 2 is 2.00 bits per heavy atom. The molecule has 1 unspecified atom stereocenters. The van der Waals surface area contributed by atoms with Gasteiger partial charge >= 0.3 is 0 Å². The summed E-state index contributed by atoms with van der Waals surface area (Å²) in [4.78, 5) is 16.8. The zero-order chi connectivity index (χ0) is 22.2. The quantitative estimate of drug-likeness (QED) is 0.609. The molecule has 31 heavy (non-hydrogen) atoms. The van der Waals surface area contributed by atoms with Crippen LogP contribution in [-0.4, -0.2) is 42.8 Å². The molecule has 162 valence electrons. The van der Waals surface area contributed by atoms with Crippen molar-refractivity contribution >= 4 is 22.9 Å². The van der Waals surface area contributed by atoms with Gasteiger partial charge in [0.15, 0.2) is 4.75 Å². The molecule has 1 amide bonds. The molecule has 7 nitrogen and oxygen atoms in total. The molecule has 0 saturated heterocycles. The number of aromatic nitrogens is 3. The molecule has 3 heterocycles. The summed E-state index contributed by atoms with van der Waals surface area (Å²) in [5.74, 6) is 0.256. The number of carbonyl (C=O) groups is 1. The van der Waals surface area contributed by atoms with E-state index in [0.29, 0.717) is 30.5 Å². The second-order valence-corrected chi connectivity index (χ2v) is 9.74. The summed E-state index contributed by atoms with van der Waals surface area (Å²) in [5.41, 5.74) is 2.92. The largest absolute Gasteiger partial charge is 0.616 e. The van der Waals surface area contributed by atoms with E-state index in [1.165, 1.54) is 18.4 Å². The molecule has 0 bridgehead atoms. The van der Waals surface area contributed by atoms with Gasteiger partial charge in [0.1, 0.15) is 17.3 Å². The van der Waals surface area contributed by atoms with E-state index in [0.717, 1.165) is 23.1 Å². The highest BCUT2D eigenvalue weighted by molar-refractivity contribution is 7.92. The summed E-state index contributed by atoms with van der Waals surface area (Å²) in [7, 11) is 0. The van der Waals surface area contributed by atoms with Gasteiger partial charge in [-0.2, -0.15) is 5.10 Å². The molecule has 1 aliphatic heterocycles. The summed E-state index contributed by atoms with van der Waals surface area (Å²) < 4.78 is 32.0. The van der Waals surface area contributed by atoms with Gasteiger partial charge in [-0.1, -0.05) is 0 Å². The fraction of sp³-hybridized carbons (Fsp3) is 0.318. The highest BCUT2D eigenvalue weighted by atomic mass is 32.2. The van der Waals surface area contributed by atoms with Crippen LogP contribution >= 0.6 is 0 Å². The number of aryl methyl sites for hydroxylation is 1. The molecule has 4 rings (SSSR count). The number of nitrogens with one attached hydrogen (secondary N) is 1. The van der Waals surface area contributed by atoms with E-state index in [1.54, 1.807) is 42.9 Å². The van der Waals surface area contributed by atoms with Gasteiger partial charge in [0.05, 0.1) is 18.4 Å². The van der Waals surface area contributed by atoms with Gasteiger partial charge in [0.2, 0.25) is 5.88 Å². The Morgan fingerprint density at radius 1 is 1.26 bits per heavy atom. The van der Waals surface area contributed by atoms with E-state index in [1.807, 2.05) is 6.07 Å². The number of nitrogens with zero attached hydrogens (tertiary/aromatic N) is 3. The van der Waals surface area contributed by atoms with Crippen LogP contribution in [0.3, 0.4) is 0 Å². The van der Waals surface area contributed by atoms with Crippen molar-refractivity contribution in [3.8, 4) is 28.3 Å². The molecule has 0 radical (unpaired) electrons. The number of anilines is 1. The monoisotopic (exact) mass is 442 g/mol. The second kappa shape index (κ2) is 8.32. The Kier molecular flexibility index (Phi) is 5.72. The van der Waals surface area contributed by atoms with Crippen LogP contribution in [0.25, 0.3) is 22.4 Å². The predicted octanol–water partition coefficient (Wildman–Crippen LogP) is 3.63. The molecule has 2 aromatic heterocycles. The van der Waals surface area contributed by atoms with Crippen LogP contribution < -0.4 is 10.1 Å². The number of halogens is 1. The standard InChI is InChI=1S/C22H23FN4O3S/c1-22(2,31(3)29)21(28)25-17-13-15(9-10-24-17)18-19(14-5-7-16(23)8-6-14)26-27-11-4-12-30-20(18)27/h5-10,13H,4,11-12H2,1-3H3,(H,24,25,28). The number of benzene rings is 1. The van der Waals surface area contributed by atoms with Crippen molar-refractivity contribution in [2.24, 2.45) is 0 Å². The Morgan fingerprint density at radius 3 is 2.71 bits per heavy atom. The number of fused-ring (bicyclic) bond motifs is 1. The van der Waals surface area contributed by atoms with Gasteiger partial charge < -0.3 is 14.6 Å². The molecule has 0 saturated carbocycles. The average molecular weight is 443 g/mol. The first-order chi connectivity index (χ1) is 14.8. The van der Waals surface area contributed by atoms with E-state index in [9.17, 15) is 13.7 Å². The normalized spacial score (nSPS) is 14.5. The lowest BCUT2D eigenvalue weighted by Gasteiger charge is -2.24. The third kappa shape index (κ3) is 4.15. The topological polar surface area (TPSA) is 92.1 Å². The Labute approximate surface area is 182 Å². The van der Waals surface area contributed by atoms with Crippen molar-refractivity contribution in [2.45, 2.75) is 31.6 Å². The molecule has 9 heteroatoms. The van der Waals surface area contributed by atoms with Crippen LogP contribution in [0.4, 0.5) is 10.2 Å². The molecular formula is C22H23FN4O3S. The number of pyridine rings is 1. The summed E-state index contributed by atoms with van der Waals surface area (Å²) >= 11 is -1.35.